The number of carbonyl (C=O) groups excluding carboxylic acids is 4. The van der Waals surface area contributed by atoms with Crippen molar-refractivity contribution in [3.8, 4) is 6.07 Å². The molecule has 2 N–H and O–H groups in total. The first-order chi connectivity index (χ1) is 19.9. The van der Waals surface area contributed by atoms with E-state index in [1.165, 1.54) is 4.90 Å². The van der Waals surface area contributed by atoms with Crippen molar-refractivity contribution < 1.29 is 45.9 Å². The Kier molecular flexibility index (Phi) is 8.46. The summed E-state index contributed by atoms with van der Waals surface area (Å²) < 4.78 is 76.9. The van der Waals surface area contributed by atoms with Gasteiger partial charge in [-0.3, -0.25) is 19.2 Å². The normalized spacial score (nSPS) is 37.3. The number of hydrogen-bond acceptors (Lipinski definition) is 6. The molecule has 5 aliphatic rings. The summed E-state index contributed by atoms with van der Waals surface area (Å²) in [5.74, 6) is -8.08. The fourth-order valence-electron chi connectivity index (χ4n) is 7.13. The number of halogens is 5. The molecule has 0 aromatic heterocycles. The Morgan fingerprint density at radius 2 is 1.83 bits per heavy atom. The molecular formula is C27H32F5N5O5. The Balaban J connectivity index is 1.36. The molecule has 0 radical (unpaired) electrons. The summed E-state index contributed by atoms with van der Waals surface area (Å²) in [6, 6.07) is -1.88. The quantitative estimate of drug-likeness (QED) is 0.466. The van der Waals surface area contributed by atoms with E-state index in [1.54, 1.807) is 0 Å². The van der Waals surface area contributed by atoms with Gasteiger partial charge in [0.15, 0.2) is 6.17 Å². The third kappa shape index (κ3) is 5.82. The third-order valence-electron chi connectivity index (χ3n) is 9.13. The summed E-state index contributed by atoms with van der Waals surface area (Å²) in [6.07, 6.45) is -8.71. The number of amides is 4. The Morgan fingerprint density at radius 3 is 2.50 bits per heavy atom. The molecule has 5 rings (SSSR count). The van der Waals surface area contributed by atoms with Crippen LogP contribution in [0, 0.1) is 35.0 Å². The molecule has 3 aliphatic heterocycles. The lowest BCUT2D eigenvalue weighted by Gasteiger charge is -2.46. The van der Waals surface area contributed by atoms with E-state index in [0.29, 0.717) is 0 Å². The summed E-state index contributed by atoms with van der Waals surface area (Å²) in [6.45, 7) is 0.467. The van der Waals surface area contributed by atoms with E-state index in [-0.39, 0.29) is 64.1 Å². The molecule has 2 aliphatic carbocycles. The van der Waals surface area contributed by atoms with E-state index in [2.05, 4.69) is 10.6 Å². The SMILES string of the molecule is N#CC1CC(C(=O)N2CCOCC2)C(N2C[C@H](NC(=O)C3=CC(=O)NC4C3CCC(F)C4F)CC2=O)C(C(F)(F)F)C1. The highest BCUT2D eigenvalue weighted by molar-refractivity contribution is 6.03. The maximum Gasteiger partial charge on any atom is 0.393 e. The van der Waals surface area contributed by atoms with Crippen LogP contribution in [-0.2, 0) is 23.9 Å². The predicted octanol–water partition coefficient (Wildman–Crippen LogP) is 1.17. The van der Waals surface area contributed by atoms with Gasteiger partial charge in [0.25, 0.3) is 0 Å². The van der Waals surface area contributed by atoms with Crippen molar-refractivity contribution >= 4 is 23.6 Å². The van der Waals surface area contributed by atoms with Gasteiger partial charge in [-0.2, -0.15) is 18.4 Å². The lowest BCUT2D eigenvalue weighted by atomic mass is 9.70. The van der Waals surface area contributed by atoms with Crippen LogP contribution >= 0.6 is 0 Å². The molecule has 0 bridgehead atoms. The van der Waals surface area contributed by atoms with Crippen LogP contribution in [0.3, 0.4) is 0 Å². The van der Waals surface area contributed by atoms with E-state index in [9.17, 15) is 46.4 Å². The average Bonchev–Trinajstić information content (AvgIpc) is 3.32. The highest BCUT2D eigenvalue weighted by atomic mass is 19.4. The number of rotatable bonds is 4. The van der Waals surface area contributed by atoms with Crippen LogP contribution in [0.25, 0.3) is 0 Å². The molecular weight excluding hydrogens is 569 g/mol. The molecule has 4 fully saturated rings. The van der Waals surface area contributed by atoms with Gasteiger partial charge in [0.05, 0.1) is 49.2 Å². The van der Waals surface area contributed by atoms with Crippen molar-refractivity contribution in [2.75, 3.05) is 32.8 Å². The summed E-state index contributed by atoms with van der Waals surface area (Å²) in [5, 5.41) is 14.5. The molecule has 2 saturated carbocycles. The van der Waals surface area contributed by atoms with E-state index < -0.39 is 90.4 Å². The minimum Gasteiger partial charge on any atom is -0.378 e. The molecule has 9 atom stereocenters. The minimum atomic E-state index is -4.81. The zero-order valence-electron chi connectivity index (χ0n) is 22.6. The molecule has 8 unspecified atom stereocenters. The third-order valence-corrected chi connectivity index (χ3v) is 9.13. The van der Waals surface area contributed by atoms with Crippen molar-refractivity contribution in [2.24, 2.45) is 23.7 Å². The van der Waals surface area contributed by atoms with Crippen LogP contribution in [0.2, 0.25) is 0 Å². The van der Waals surface area contributed by atoms with Gasteiger partial charge < -0.3 is 25.2 Å². The van der Waals surface area contributed by atoms with Crippen molar-refractivity contribution in [1.29, 1.82) is 5.26 Å². The second-order valence-corrected chi connectivity index (χ2v) is 11.7. The van der Waals surface area contributed by atoms with Crippen LogP contribution in [0.4, 0.5) is 22.0 Å². The summed E-state index contributed by atoms with van der Waals surface area (Å²) in [7, 11) is 0. The van der Waals surface area contributed by atoms with Gasteiger partial charge in [0.1, 0.15) is 6.17 Å². The maximum absolute atomic E-state index is 14.5. The first kappa shape index (κ1) is 30.2. The fourth-order valence-corrected chi connectivity index (χ4v) is 7.13. The zero-order chi connectivity index (χ0) is 30.3. The van der Waals surface area contributed by atoms with Crippen LogP contribution < -0.4 is 10.6 Å². The van der Waals surface area contributed by atoms with Crippen molar-refractivity contribution in [3.63, 3.8) is 0 Å². The van der Waals surface area contributed by atoms with E-state index in [1.807, 2.05) is 6.07 Å². The lowest BCUT2D eigenvalue weighted by Crippen LogP contribution is -2.59. The number of likely N-dealkylation sites (tertiary alicyclic amines) is 1. The number of hydrogen-bond donors (Lipinski definition) is 2. The molecule has 4 amide bonds. The van der Waals surface area contributed by atoms with Crippen LogP contribution in [0.5, 0.6) is 0 Å². The Hall–Kier alpha value is -3.28. The number of fused-ring (bicyclic) bond motifs is 1. The second-order valence-electron chi connectivity index (χ2n) is 11.7. The van der Waals surface area contributed by atoms with Gasteiger partial charge in [-0.05, 0) is 25.7 Å². The molecule has 2 saturated heterocycles. The molecule has 0 aromatic carbocycles. The minimum absolute atomic E-state index is 0.0766. The van der Waals surface area contributed by atoms with Gasteiger partial charge in [-0.15, -0.1) is 0 Å². The van der Waals surface area contributed by atoms with Crippen molar-refractivity contribution in [1.82, 2.24) is 20.4 Å². The predicted molar refractivity (Wildman–Crippen MR) is 133 cm³/mol. The average molecular weight is 602 g/mol. The maximum atomic E-state index is 14.5. The van der Waals surface area contributed by atoms with Crippen LogP contribution in [0.1, 0.15) is 32.1 Å². The topological polar surface area (TPSA) is 132 Å². The number of carbonyl (C=O) groups is 4. The van der Waals surface area contributed by atoms with Crippen LogP contribution in [0.15, 0.2) is 11.6 Å². The fraction of sp³-hybridized carbons (Fsp3) is 0.741. The van der Waals surface area contributed by atoms with Gasteiger partial charge in [0, 0.05) is 49.5 Å². The highest BCUT2D eigenvalue weighted by Crippen LogP contribution is 2.46. The Bertz CT molecular complexity index is 1180. The molecule has 10 nitrogen and oxygen atoms in total. The molecule has 3 heterocycles. The molecule has 15 heteroatoms. The second kappa shape index (κ2) is 11.8. The largest absolute Gasteiger partial charge is 0.393 e. The monoisotopic (exact) mass is 601 g/mol. The highest BCUT2D eigenvalue weighted by Gasteiger charge is 2.57. The first-order valence-corrected chi connectivity index (χ1v) is 14.1. The van der Waals surface area contributed by atoms with Gasteiger partial charge >= 0.3 is 6.18 Å². The molecule has 230 valence electrons. The van der Waals surface area contributed by atoms with Gasteiger partial charge in [0.2, 0.25) is 23.6 Å². The van der Waals surface area contributed by atoms with Crippen molar-refractivity contribution in [2.45, 2.75) is 68.7 Å². The van der Waals surface area contributed by atoms with E-state index in [4.69, 9.17) is 4.74 Å². The number of alkyl halides is 5. The first-order valence-electron chi connectivity index (χ1n) is 14.1. The summed E-state index contributed by atoms with van der Waals surface area (Å²) in [5.41, 5.74) is -0.0766. The zero-order valence-corrected chi connectivity index (χ0v) is 22.6. The molecule has 42 heavy (non-hydrogen) atoms. The van der Waals surface area contributed by atoms with Crippen molar-refractivity contribution in [3.05, 3.63) is 11.6 Å². The van der Waals surface area contributed by atoms with E-state index in [0.717, 1.165) is 11.0 Å². The van der Waals surface area contributed by atoms with E-state index >= 15 is 0 Å². The number of nitrogens with zero attached hydrogens (tertiary/aromatic N) is 3. The lowest BCUT2D eigenvalue weighted by molar-refractivity contribution is -0.209. The summed E-state index contributed by atoms with van der Waals surface area (Å²) in [4.78, 5) is 54.5. The Morgan fingerprint density at radius 1 is 1.12 bits per heavy atom. The van der Waals surface area contributed by atoms with Gasteiger partial charge in [-0.1, -0.05) is 0 Å². The standard InChI is InChI=1S/C27H32F5N5O5/c28-19-2-1-15-16(10-20(38)35-23(15)22(19)29)25(40)34-14-9-21(39)37(12-14)24-17(26(41)36-3-5-42-6-4-36)7-13(11-33)8-18(24)27(30,31)32/h10,13-15,17-19,22-24H,1-9,12H2,(H,34,40)(H,35,38)/t13?,14-,15?,17?,18?,19?,22?,23?,24?/m1/s1. The molecule has 0 spiro atoms. The Labute approximate surface area is 238 Å². The number of ether oxygens (including phenoxy) is 1. The number of morpholine rings is 1. The number of nitrogens with one attached hydrogen (secondary N) is 2. The number of nitriles is 1. The smallest absolute Gasteiger partial charge is 0.378 e. The molecule has 0 aromatic rings. The summed E-state index contributed by atoms with van der Waals surface area (Å²) >= 11 is 0. The van der Waals surface area contributed by atoms with Gasteiger partial charge in [-0.25, -0.2) is 8.78 Å². The van der Waals surface area contributed by atoms with Crippen LogP contribution in [-0.4, -0.2) is 103 Å².